The summed E-state index contributed by atoms with van der Waals surface area (Å²) < 4.78 is 37.5. The minimum Gasteiger partial charge on any atom is -0.491 e. The number of carbonyl (C=O) groups is 1. The summed E-state index contributed by atoms with van der Waals surface area (Å²) in [5.74, 6) is -0.970. The van der Waals surface area contributed by atoms with Gasteiger partial charge in [0.2, 0.25) is 0 Å². The molecule has 1 unspecified atom stereocenters. The molecule has 2 aromatic rings. The summed E-state index contributed by atoms with van der Waals surface area (Å²) in [5, 5.41) is 16.2. The van der Waals surface area contributed by atoms with E-state index >= 15 is 0 Å². The number of rotatable bonds is 10. The third-order valence-electron chi connectivity index (χ3n) is 5.03. The molecule has 0 radical (unpaired) electrons. The first kappa shape index (κ1) is 24.5. The van der Waals surface area contributed by atoms with Crippen molar-refractivity contribution in [1.82, 2.24) is 10.6 Å². The number of aliphatic hydroxyl groups excluding tert-OH is 1. The summed E-state index contributed by atoms with van der Waals surface area (Å²) in [4.78, 5) is 12.1. The number of benzene rings is 2. The van der Waals surface area contributed by atoms with Crippen LogP contribution in [-0.2, 0) is 4.79 Å². The summed E-state index contributed by atoms with van der Waals surface area (Å²) in [6.07, 6.45) is 1.55. The van der Waals surface area contributed by atoms with E-state index in [9.17, 15) is 18.7 Å². The lowest BCUT2D eigenvalue weighted by molar-refractivity contribution is -0.123. The molecule has 32 heavy (non-hydrogen) atoms. The van der Waals surface area contributed by atoms with E-state index in [1.165, 1.54) is 30.3 Å². The standard InChI is InChI=1S/C22H24Cl2F2N2O4/c23-18-5-3-16(8-20(18)25)31-11-15(29)10-27-13-1-2-14(7-13)28-22(30)12-32-17-4-6-19(24)21(26)9-17/h3-6,8-9,13-15,27,29H,1-2,7,10-12H2,(H,28,30)/t13-,14-,15?/m0/s1. The molecule has 6 nitrogen and oxygen atoms in total. The van der Waals surface area contributed by atoms with Gasteiger partial charge in [-0.05, 0) is 43.5 Å². The molecule has 1 aliphatic rings. The molecule has 0 heterocycles. The van der Waals surface area contributed by atoms with Gasteiger partial charge in [0.1, 0.15) is 35.8 Å². The first-order chi connectivity index (χ1) is 15.3. The van der Waals surface area contributed by atoms with E-state index in [1.807, 2.05) is 0 Å². The van der Waals surface area contributed by atoms with Crippen LogP contribution in [0.5, 0.6) is 11.5 Å². The Labute approximate surface area is 194 Å². The van der Waals surface area contributed by atoms with E-state index in [0.29, 0.717) is 13.0 Å². The normalized spacial score (nSPS) is 18.9. The molecule has 0 aromatic heterocycles. The third kappa shape index (κ3) is 7.48. The predicted octanol–water partition coefficient (Wildman–Crippen LogP) is 3.72. The van der Waals surface area contributed by atoms with Crippen LogP contribution in [-0.4, -0.2) is 49.0 Å². The zero-order valence-electron chi connectivity index (χ0n) is 17.1. The largest absolute Gasteiger partial charge is 0.491 e. The SMILES string of the molecule is O=C(COc1ccc(Cl)c(F)c1)N[C@H]1CC[C@H](NCC(O)COc2ccc(Cl)c(F)c2)C1. The molecule has 3 N–H and O–H groups in total. The maximum absolute atomic E-state index is 13.4. The molecule has 1 saturated carbocycles. The van der Waals surface area contributed by atoms with Gasteiger partial charge >= 0.3 is 0 Å². The monoisotopic (exact) mass is 488 g/mol. The number of hydrogen-bond acceptors (Lipinski definition) is 5. The van der Waals surface area contributed by atoms with Gasteiger partial charge in [-0.3, -0.25) is 4.79 Å². The van der Waals surface area contributed by atoms with Crippen molar-refractivity contribution < 1.29 is 28.2 Å². The second-order valence-corrected chi connectivity index (χ2v) is 8.40. The molecule has 0 aliphatic heterocycles. The first-order valence-corrected chi connectivity index (χ1v) is 10.9. The van der Waals surface area contributed by atoms with Crippen LogP contribution in [0.2, 0.25) is 10.0 Å². The quantitative estimate of drug-likeness (QED) is 0.474. The highest BCUT2D eigenvalue weighted by Gasteiger charge is 2.26. The third-order valence-corrected chi connectivity index (χ3v) is 5.65. The van der Waals surface area contributed by atoms with Crippen LogP contribution >= 0.6 is 23.2 Å². The molecular weight excluding hydrogens is 465 g/mol. The highest BCUT2D eigenvalue weighted by atomic mass is 35.5. The van der Waals surface area contributed by atoms with Gasteiger partial charge in [0.05, 0.1) is 10.0 Å². The highest BCUT2D eigenvalue weighted by molar-refractivity contribution is 6.31. The topological polar surface area (TPSA) is 79.8 Å². The molecule has 1 fully saturated rings. The summed E-state index contributed by atoms with van der Waals surface area (Å²) in [6.45, 7) is 0.0766. The van der Waals surface area contributed by atoms with Crippen molar-refractivity contribution in [3.63, 3.8) is 0 Å². The molecule has 0 saturated heterocycles. The Hall–Kier alpha value is -2.13. The van der Waals surface area contributed by atoms with Crippen LogP contribution in [0, 0.1) is 11.6 Å². The predicted molar refractivity (Wildman–Crippen MR) is 117 cm³/mol. The summed E-state index contributed by atoms with van der Waals surface area (Å²) in [6, 6.07) is 8.19. The van der Waals surface area contributed by atoms with Gasteiger partial charge in [0.25, 0.3) is 5.91 Å². The number of aliphatic hydroxyl groups is 1. The Morgan fingerprint density at radius 2 is 1.62 bits per heavy atom. The van der Waals surface area contributed by atoms with Gasteiger partial charge in [-0.15, -0.1) is 0 Å². The smallest absolute Gasteiger partial charge is 0.258 e. The summed E-state index contributed by atoms with van der Waals surface area (Å²) in [5.41, 5.74) is 0. The second kappa shape index (κ2) is 11.7. The fraction of sp³-hybridized carbons (Fsp3) is 0.409. The van der Waals surface area contributed by atoms with Crippen LogP contribution in [0.4, 0.5) is 8.78 Å². The summed E-state index contributed by atoms with van der Waals surface area (Å²) in [7, 11) is 0. The molecule has 174 valence electrons. The second-order valence-electron chi connectivity index (χ2n) is 7.59. The molecule has 3 atom stereocenters. The van der Waals surface area contributed by atoms with Gasteiger partial charge in [-0.25, -0.2) is 8.78 Å². The van der Waals surface area contributed by atoms with Crippen LogP contribution in [0.1, 0.15) is 19.3 Å². The molecule has 0 bridgehead atoms. The molecule has 1 amide bonds. The zero-order chi connectivity index (χ0) is 23.1. The number of amides is 1. The zero-order valence-corrected chi connectivity index (χ0v) is 18.6. The van der Waals surface area contributed by atoms with Gasteiger partial charge in [-0.1, -0.05) is 23.2 Å². The van der Waals surface area contributed by atoms with E-state index in [0.717, 1.165) is 18.9 Å². The Morgan fingerprint density at radius 1 is 1.03 bits per heavy atom. The minimum absolute atomic E-state index is 0.00356. The Balaban J connectivity index is 1.32. The minimum atomic E-state index is -0.782. The van der Waals surface area contributed by atoms with Crippen molar-refractivity contribution in [3.05, 3.63) is 58.1 Å². The fourth-order valence-corrected chi connectivity index (χ4v) is 3.64. The van der Waals surface area contributed by atoms with Crippen LogP contribution in [0.3, 0.4) is 0 Å². The molecule has 2 aromatic carbocycles. The van der Waals surface area contributed by atoms with Crippen molar-refractivity contribution in [2.45, 2.75) is 37.5 Å². The van der Waals surface area contributed by atoms with E-state index in [1.54, 1.807) is 0 Å². The Bertz CT molecular complexity index is 935. The average Bonchev–Trinajstić information content (AvgIpc) is 3.21. The first-order valence-electron chi connectivity index (χ1n) is 10.2. The van der Waals surface area contributed by atoms with Crippen molar-refractivity contribution in [3.8, 4) is 11.5 Å². The fourth-order valence-electron chi connectivity index (χ4n) is 3.40. The highest BCUT2D eigenvalue weighted by Crippen LogP contribution is 2.22. The van der Waals surface area contributed by atoms with Crippen molar-refractivity contribution in [2.24, 2.45) is 0 Å². The number of carbonyl (C=O) groups excluding carboxylic acids is 1. The lowest BCUT2D eigenvalue weighted by atomic mass is 10.2. The average molecular weight is 489 g/mol. The Morgan fingerprint density at radius 3 is 2.25 bits per heavy atom. The molecule has 10 heteroatoms. The van der Waals surface area contributed by atoms with E-state index < -0.39 is 17.7 Å². The van der Waals surface area contributed by atoms with Crippen LogP contribution in [0.15, 0.2) is 36.4 Å². The van der Waals surface area contributed by atoms with Gasteiger partial charge in [-0.2, -0.15) is 0 Å². The number of hydrogen-bond donors (Lipinski definition) is 3. The van der Waals surface area contributed by atoms with Gasteiger partial charge in [0.15, 0.2) is 6.61 Å². The molecule has 1 aliphatic carbocycles. The number of ether oxygens (including phenoxy) is 2. The van der Waals surface area contributed by atoms with E-state index in [2.05, 4.69) is 10.6 Å². The van der Waals surface area contributed by atoms with Gasteiger partial charge < -0.3 is 25.2 Å². The lowest BCUT2D eigenvalue weighted by Crippen LogP contribution is -2.40. The van der Waals surface area contributed by atoms with Crippen molar-refractivity contribution in [1.29, 1.82) is 0 Å². The lowest BCUT2D eigenvalue weighted by Gasteiger charge is -2.18. The van der Waals surface area contributed by atoms with E-state index in [4.69, 9.17) is 32.7 Å². The summed E-state index contributed by atoms with van der Waals surface area (Å²) >= 11 is 11.2. The molecule has 3 rings (SSSR count). The van der Waals surface area contributed by atoms with E-state index in [-0.39, 0.29) is 52.7 Å². The maximum atomic E-state index is 13.4. The van der Waals surface area contributed by atoms with Gasteiger partial charge in [0, 0.05) is 30.8 Å². The van der Waals surface area contributed by atoms with Crippen LogP contribution < -0.4 is 20.1 Å². The maximum Gasteiger partial charge on any atom is 0.258 e. The molecular formula is C22H24Cl2F2N2O4. The molecule has 0 spiro atoms. The Kier molecular flexibility index (Phi) is 8.92. The van der Waals surface area contributed by atoms with Crippen LogP contribution in [0.25, 0.3) is 0 Å². The number of halogens is 4. The van der Waals surface area contributed by atoms with Crippen molar-refractivity contribution >= 4 is 29.1 Å². The number of nitrogens with one attached hydrogen (secondary N) is 2. The van der Waals surface area contributed by atoms with Crippen molar-refractivity contribution in [2.75, 3.05) is 19.8 Å².